The molecule has 0 aliphatic carbocycles. The Morgan fingerprint density at radius 1 is 1.56 bits per heavy atom. The number of carbonyl (C=O) groups is 1. The van der Waals surface area contributed by atoms with Gasteiger partial charge in [0.1, 0.15) is 5.82 Å². The first-order valence-electron chi connectivity index (χ1n) is 5.96. The van der Waals surface area contributed by atoms with Crippen molar-refractivity contribution in [3.8, 4) is 0 Å². The number of benzene rings is 1. The molecule has 1 N–H and O–H groups in total. The molecule has 1 amide bonds. The highest BCUT2D eigenvalue weighted by Gasteiger charge is 2.17. The predicted octanol–water partition coefficient (Wildman–Crippen LogP) is 1.92. The number of ether oxygens (including phenoxy) is 1. The Balaban J connectivity index is 1.97. The zero-order chi connectivity index (χ0) is 13.0. The lowest BCUT2D eigenvalue weighted by molar-refractivity contribution is -0.121. The second kappa shape index (κ2) is 5.78. The molecule has 1 aromatic carbocycles. The zero-order valence-corrected chi connectivity index (χ0v) is 10.1. The van der Waals surface area contributed by atoms with Crippen LogP contribution in [-0.2, 0) is 16.0 Å². The number of hydrogen-bond donors (Lipinski definition) is 1. The molecular formula is C14H16FNO2. The molecule has 1 heterocycles. The number of amides is 1. The van der Waals surface area contributed by atoms with Crippen molar-refractivity contribution in [3.63, 3.8) is 0 Å². The fourth-order valence-corrected chi connectivity index (χ4v) is 2.01. The minimum atomic E-state index is -0.348. The van der Waals surface area contributed by atoms with Crippen LogP contribution in [0.2, 0.25) is 0 Å². The molecule has 0 aromatic heterocycles. The van der Waals surface area contributed by atoms with E-state index in [1.54, 1.807) is 12.1 Å². The van der Waals surface area contributed by atoms with E-state index in [9.17, 15) is 9.18 Å². The normalized spacial score (nSPS) is 18.6. The maximum Gasteiger partial charge on any atom is 0.224 e. The Morgan fingerprint density at radius 2 is 2.39 bits per heavy atom. The van der Waals surface area contributed by atoms with Crippen molar-refractivity contribution in [1.29, 1.82) is 0 Å². The topological polar surface area (TPSA) is 38.3 Å². The van der Waals surface area contributed by atoms with Gasteiger partial charge in [0.2, 0.25) is 5.91 Å². The Bertz CT molecular complexity index is 453. The molecule has 96 valence electrons. The van der Waals surface area contributed by atoms with Gasteiger partial charge in [0.15, 0.2) is 0 Å². The fraction of sp³-hybridized carbons (Fsp3) is 0.357. The summed E-state index contributed by atoms with van der Waals surface area (Å²) in [6.07, 6.45) is 2.58. The van der Waals surface area contributed by atoms with Crippen LogP contribution in [-0.4, -0.2) is 25.2 Å². The molecule has 1 saturated heterocycles. The fourth-order valence-electron chi connectivity index (χ4n) is 2.01. The summed E-state index contributed by atoms with van der Waals surface area (Å²) in [5, 5.41) is 2.87. The van der Waals surface area contributed by atoms with E-state index >= 15 is 0 Å². The third-order valence-corrected chi connectivity index (χ3v) is 2.88. The summed E-state index contributed by atoms with van der Waals surface area (Å²) in [7, 11) is 0. The predicted molar refractivity (Wildman–Crippen MR) is 67.6 cm³/mol. The van der Waals surface area contributed by atoms with Crippen molar-refractivity contribution in [2.24, 2.45) is 0 Å². The number of carbonyl (C=O) groups excluding carboxylic acids is 1. The van der Waals surface area contributed by atoms with Crippen LogP contribution in [0.3, 0.4) is 0 Å². The first kappa shape index (κ1) is 12.8. The van der Waals surface area contributed by atoms with Crippen molar-refractivity contribution in [3.05, 3.63) is 41.7 Å². The molecule has 18 heavy (non-hydrogen) atoms. The van der Waals surface area contributed by atoms with E-state index in [1.807, 2.05) is 0 Å². The Labute approximate surface area is 106 Å². The average Bonchev–Trinajstić information content (AvgIpc) is 2.80. The van der Waals surface area contributed by atoms with Gasteiger partial charge in [-0.1, -0.05) is 18.7 Å². The lowest BCUT2D eigenvalue weighted by Gasteiger charge is -2.10. The molecular weight excluding hydrogens is 233 g/mol. The average molecular weight is 249 g/mol. The molecule has 1 aliphatic rings. The number of hydrogen-bond acceptors (Lipinski definition) is 2. The van der Waals surface area contributed by atoms with E-state index in [0.29, 0.717) is 24.3 Å². The minimum absolute atomic E-state index is 0.0879. The molecule has 1 aromatic rings. The van der Waals surface area contributed by atoms with E-state index in [1.165, 1.54) is 12.1 Å². The lowest BCUT2D eigenvalue weighted by Crippen LogP contribution is -2.36. The zero-order valence-electron chi connectivity index (χ0n) is 10.1. The van der Waals surface area contributed by atoms with Crippen LogP contribution in [0.4, 0.5) is 4.39 Å². The van der Waals surface area contributed by atoms with Crippen LogP contribution in [0.15, 0.2) is 24.8 Å². The molecule has 2 rings (SSSR count). The van der Waals surface area contributed by atoms with E-state index < -0.39 is 0 Å². The van der Waals surface area contributed by atoms with Crippen LogP contribution in [0.1, 0.15) is 17.5 Å². The minimum Gasteiger partial charge on any atom is -0.379 e. The molecule has 0 radical (unpaired) electrons. The number of rotatable bonds is 4. The highest BCUT2D eigenvalue weighted by molar-refractivity contribution is 5.79. The number of halogens is 1. The smallest absolute Gasteiger partial charge is 0.224 e. The highest BCUT2D eigenvalue weighted by atomic mass is 19.1. The second-order valence-electron chi connectivity index (χ2n) is 4.40. The SMILES string of the molecule is C=Cc1cc(F)cc(CC(=O)NC2CCOC2)c1. The van der Waals surface area contributed by atoms with Gasteiger partial charge in [-0.15, -0.1) is 0 Å². The maximum absolute atomic E-state index is 13.3. The number of nitrogens with one attached hydrogen (secondary N) is 1. The molecule has 1 fully saturated rings. The van der Waals surface area contributed by atoms with E-state index in [4.69, 9.17) is 4.74 Å². The summed E-state index contributed by atoms with van der Waals surface area (Å²) in [4.78, 5) is 11.8. The molecule has 0 saturated carbocycles. The van der Waals surface area contributed by atoms with Crippen LogP contribution < -0.4 is 5.32 Å². The summed E-state index contributed by atoms with van der Waals surface area (Å²) >= 11 is 0. The van der Waals surface area contributed by atoms with Crippen molar-refractivity contribution in [2.75, 3.05) is 13.2 Å². The van der Waals surface area contributed by atoms with Crippen LogP contribution in [0, 0.1) is 5.82 Å². The Hall–Kier alpha value is -1.68. The molecule has 4 heteroatoms. The van der Waals surface area contributed by atoms with Gasteiger partial charge in [0, 0.05) is 6.61 Å². The van der Waals surface area contributed by atoms with Crippen molar-refractivity contribution >= 4 is 12.0 Å². The van der Waals surface area contributed by atoms with Crippen molar-refractivity contribution in [1.82, 2.24) is 5.32 Å². The van der Waals surface area contributed by atoms with Crippen LogP contribution in [0.25, 0.3) is 6.08 Å². The summed E-state index contributed by atoms with van der Waals surface area (Å²) < 4.78 is 18.4. The molecule has 0 spiro atoms. The molecule has 3 nitrogen and oxygen atoms in total. The summed E-state index contributed by atoms with van der Waals surface area (Å²) in [5.74, 6) is -0.453. The molecule has 0 bridgehead atoms. The van der Waals surface area contributed by atoms with Crippen molar-refractivity contribution in [2.45, 2.75) is 18.9 Å². The van der Waals surface area contributed by atoms with Gasteiger partial charge >= 0.3 is 0 Å². The summed E-state index contributed by atoms with van der Waals surface area (Å²) in [6.45, 7) is 4.84. The summed E-state index contributed by atoms with van der Waals surface area (Å²) in [6, 6.07) is 4.61. The van der Waals surface area contributed by atoms with Crippen molar-refractivity contribution < 1.29 is 13.9 Å². The van der Waals surface area contributed by atoms with Gasteiger partial charge in [0.25, 0.3) is 0 Å². The first-order valence-corrected chi connectivity index (χ1v) is 5.96. The molecule has 1 unspecified atom stereocenters. The third kappa shape index (κ3) is 3.40. The molecule has 1 aliphatic heterocycles. The van der Waals surface area contributed by atoms with Crippen LogP contribution in [0.5, 0.6) is 0 Å². The lowest BCUT2D eigenvalue weighted by atomic mass is 10.1. The van der Waals surface area contributed by atoms with E-state index in [0.717, 1.165) is 6.42 Å². The quantitative estimate of drug-likeness (QED) is 0.885. The standard InChI is InChI=1S/C14H16FNO2/c1-2-10-5-11(7-12(15)6-10)8-14(17)16-13-3-4-18-9-13/h2,5-7,13H,1,3-4,8-9H2,(H,16,17). The molecule has 1 atom stereocenters. The van der Waals surface area contributed by atoms with Gasteiger partial charge in [0.05, 0.1) is 19.1 Å². The summed E-state index contributed by atoms with van der Waals surface area (Å²) in [5.41, 5.74) is 1.34. The van der Waals surface area contributed by atoms with Gasteiger partial charge in [-0.25, -0.2) is 4.39 Å². The maximum atomic E-state index is 13.3. The van der Waals surface area contributed by atoms with Crippen LogP contribution >= 0.6 is 0 Å². The Morgan fingerprint density at radius 3 is 3.06 bits per heavy atom. The Kier molecular flexibility index (Phi) is 4.10. The first-order chi connectivity index (χ1) is 8.67. The van der Waals surface area contributed by atoms with Gasteiger partial charge in [-0.2, -0.15) is 0 Å². The van der Waals surface area contributed by atoms with E-state index in [2.05, 4.69) is 11.9 Å². The monoisotopic (exact) mass is 249 g/mol. The largest absolute Gasteiger partial charge is 0.379 e. The highest BCUT2D eigenvalue weighted by Crippen LogP contribution is 2.11. The van der Waals surface area contributed by atoms with Gasteiger partial charge < -0.3 is 10.1 Å². The second-order valence-corrected chi connectivity index (χ2v) is 4.40. The third-order valence-electron chi connectivity index (χ3n) is 2.88. The van der Waals surface area contributed by atoms with Gasteiger partial charge in [-0.3, -0.25) is 4.79 Å². The van der Waals surface area contributed by atoms with Gasteiger partial charge in [-0.05, 0) is 29.7 Å². The van der Waals surface area contributed by atoms with E-state index in [-0.39, 0.29) is 24.2 Å².